The lowest BCUT2D eigenvalue weighted by Crippen LogP contribution is -2.15. The quantitative estimate of drug-likeness (QED) is 0.490. The SMILES string of the molecule is NC(=O)c1nc(-c2ccccc2Br)nc2c1[nH]c(=O)n2-c1ccc2c(c1)OCO2. The molecule has 0 aliphatic carbocycles. The predicted molar refractivity (Wildman–Crippen MR) is 107 cm³/mol. The third-order valence-corrected chi connectivity index (χ3v) is 5.19. The molecule has 1 aliphatic heterocycles. The number of benzene rings is 2. The highest BCUT2D eigenvalue weighted by molar-refractivity contribution is 9.10. The molecule has 2 aromatic carbocycles. The summed E-state index contributed by atoms with van der Waals surface area (Å²) in [5.41, 5.74) is 6.51. The topological polar surface area (TPSA) is 125 Å². The number of amides is 1. The van der Waals surface area contributed by atoms with Gasteiger partial charge in [-0.15, -0.1) is 0 Å². The number of nitrogens with two attached hydrogens (primary N) is 1. The Labute approximate surface area is 171 Å². The fourth-order valence-electron chi connectivity index (χ4n) is 3.19. The van der Waals surface area contributed by atoms with Gasteiger partial charge in [-0.1, -0.05) is 34.1 Å². The second-order valence-corrected chi connectivity index (χ2v) is 7.10. The van der Waals surface area contributed by atoms with Gasteiger partial charge in [0.05, 0.1) is 5.69 Å². The van der Waals surface area contributed by atoms with Gasteiger partial charge in [-0.25, -0.2) is 19.3 Å². The number of rotatable bonds is 3. The van der Waals surface area contributed by atoms with Gasteiger partial charge in [0.1, 0.15) is 5.52 Å². The van der Waals surface area contributed by atoms with E-state index in [9.17, 15) is 9.59 Å². The molecule has 0 unspecified atom stereocenters. The van der Waals surface area contributed by atoms with Crippen LogP contribution in [0.5, 0.6) is 11.5 Å². The number of nitrogens with zero attached hydrogens (tertiary/aromatic N) is 3. The summed E-state index contributed by atoms with van der Waals surface area (Å²) in [6.45, 7) is 0.113. The van der Waals surface area contributed by atoms with E-state index in [4.69, 9.17) is 15.2 Å². The van der Waals surface area contributed by atoms with Gasteiger partial charge in [0.25, 0.3) is 5.91 Å². The van der Waals surface area contributed by atoms with Crippen molar-refractivity contribution >= 4 is 33.0 Å². The van der Waals surface area contributed by atoms with Crippen molar-refractivity contribution in [3.05, 3.63) is 63.1 Å². The van der Waals surface area contributed by atoms with Gasteiger partial charge in [-0.2, -0.15) is 0 Å². The normalized spacial score (nSPS) is 12.4. The Bertz CT molecular complexity index is 1360. The molecule has 0 saturated carbocycles. The number of aromatic nitrogens is 4. The molecule has 0 radical (unpaired) electrons. The molecular weight excluding hydrogens is 442 g/mol. The number of fused-ring (bicyclic) bond motifs is 2. The molecule has 3 N–H and O–H groups in total. The molecular formula is C19H12BrN5O4. The Morgan fingerprint density at radius 2 is 1.93 bits per heavy atom. The van der Waals surface area contributed by atoms with Crippen LogP contribution in [0.15, 0.2) is 51.7 Å². The van der Waals surface area contributed by atoms with Crippen LogP contribution in [0.1, 0.15) is 10.5 Å². The van der Waals surface area contributed by atoms with E-state index in [2.05, 4.69) is 30.9 Å². The van der Waals surface area contributed by atoms with Gasteiger partial charge in [-0.05, 0) is 18.2 Å². The van der Waals surface area contributed by atoms with Crippen LogP contribution in [0.25, 0.3) is 28.2 Å². The number of hydrogen-bond donors (Lipinski definition) is 2. The maximum atomic E-state index is 12.7. The molecule has 3 heterocycles. The highest BCUT2D eigenvalue weighted by atomic mass is 79.9. The zero-order chi connectivity index (χ0) is 20.1. The van der Waals surface area contributed by atoms with Crippen LogP contribution in [-0.4, -0.2) is 32.2 Å². The third-order valence-electron chi connectivity index (χ3n) is 4.50. The van der Waals surface area contributed by atoms with Crippen LogP contribution in [0, 0.1) is 0 Å². The van der Waals surface area contributed by atoms with Crippen LogP contribution < -0.4 is 20.9 Å². The summed E-state index contributed by atoms with van der Waals surface area (Å²) in [4.78, 5) is 36.3. The second kappa shape index (κ2) is 6.45. The summed E-state index contributed by atoms with van der Waals surface area (Å²) in [6, 6.07) is 12.4. The van der Waals surface area contributed by atoms with Crippen molar-refractivity contribution < 1.29 is 14.3 Å². The largest absolute Gasteiger partial charge is 0.454 e. The first-order valence-electron chi connectivity index (χ1n) is 8.50. The van der Waals surface area contributed by atoms with Crippen molar-refractivity contribution in [1.82, 2.24) is 19.5 Å². The van der Waals surface area contributed by atoms with Gasteiger partial charge in [-0.3, -0.25) is 4.79 Å². The van der Waals surface area contributed by atoms with Crippen molar-refractivity contribution in [2.75, 3.05) is 6.79 Å². The number of carbonyl (C=O) groups excluding carboxylic acids is 1. The molecule has 5 rings (SSSR count). The molecule has 10 heteroatoms. The van der Waals surface area contributed by atoms with Crippen LogP contribution in [0.2, 0.25) is 0 Å². The number of ether oxygens (including phenoxy) is 2. The van der Waals surface area contributed by atoms with Crippen molar-refractivity contribution in [3.63, 3.8) is 0 Å². The monoisotopic (exact) mass is 453 g/mol. The zero-order valence-corrected chi connectivity index (χ0v) is 16.3. The van der Waals surface area contributed by atoms with E-state index in [0.29, 0.717) is 22.7 Å². The average molecular weight is 454 g/mol. The summed E-state index contributed by atoms with van der Waals surface area (Å²) in [5, 5.41) is 0. The molecule has 1 amide bonds. The van der Waals surface area contributed by atoms with Crippen LogP contribution in [0.4, 0.5) is 0 Å². The first-order chi connectivity index (χ1) is 14.0. The lowest BCUT2D eigenvalue weighted by atomic mass is 10.2. The Kier molecular flexibility index (Phi) is 3.88. The molecule has 2 aromatic heterocycles. The molecule has 1 aliphatic rings. The maximum Gasteiger partial charge on any atom is 0.332 e. The highest BCUT2D eigenvalue weighted by Gasteiger charge is 2.22. The average Bonchev–Trinajstić information content (AvgIpc) is 3.30. The molecule has 0 bridgehead atoms. The molecule has 0 atom stereocenters. The number of imidazole rings is 1. The lowest BCUT2D eigenvalue weighted by Gasteiger charge is -2.08. The van der Waals surface area contributed by atoms with E-state index in [1.807, 2.05) is 18.2 Å². The van der Waals surface area contributed by atoms with E-state index >= 15 is 0 Å². The molecule has 29 heavy (non-hydrogen) atoms. The van der Waals surface area contributed by atoms with Crippen LogP contribution >= 0.6 is 15.9 Å². The summed E-state index contributed by atoms with van der Waals surface area (Å²) in [7, 11) is 0. The summed E-state index contributed by atoms with van der Waals surface area (Å²) in [6.07, 6.45) is 0. The molecule has 9 nitrogen and oxygen atoms in total. The summed E-state index contributed by atoms with van der Waals surface area (Å²) >= 11 is 3.46. The molecule has 4 aromatic rings. The minimum absolute atomic E-state index is 0.0719. The smallest absolute Gasteiger partial charge is 0.332 e. The fraction of sp³-hybridized carbons (Fsp3) is 0.0526. The second-order valence-electron chi connectivity index (χ2n) is 6.24. The minimum atomic E-state index is -0.773. The Morgan fingerprint density at radius 1 is 1.14 bits per heavy atom. The van der Waals surface area contributed by atoms with Gasteiger partial charge >= 0.3 is 5.69 Å². The summed E-state index contributed by atoms with van der Waals surface area (Å²) < 4.78 is 12.8. The zero-order valence-electron chi connectivity index (χ0n) is 14.7. The molecule has 0 fully saturated rings. The predicted octanol–water partition coefficient (Wildman–Crippen LogP) is 2.37. The summed E-state index contributed by atoms with van der Waals surface area (Å²) in [5.74, 6) is 0.582. The Morgan fingerprint density at radius 3 is 2.72 bits per heavy atom. The van der Waals surface area contributed by atoms with Crippen molar-refractivity contribution in [1.29, 1.82) is 0 Å². The van der Waals surface area contributed by atoms with Crippen LogP contribution in [0.3, 0.4) is 0 Å². The number of halogens is 1. The van der Waals surface area contributed by atoms with E-state index in [1.54, 1.807) is 24.3 Å². The van der Waals surface area contributed by atoms with Crippen LogP contribution in [-0.2, 0) is 0 Å². The molecule has 0 saturated heterocycles. The number of primary amides is 1. The molecule has 0 spiro atoms. The molecule has 144 valence electrons. The van der Waals surface area contributed by atoms with E-state index < -0.39 is 11.6 Å². The number of nitrogens with one attached hydrogen (secondary N) is 1. The van der Waals surface area contributed by atoms with Gasteiger partial charge in [0.2, 0.25) is 6.79 Å². The van der Waals surface area contributed by atoms with Gasteiger partial charge in [0, 0.05) is 16.1 Å². The number of aromatic amines is 1. The minimum Gasteiger partial charge on any atom is -0.454 e. The number of carbonyl (C=O) groups is 1. The van der Waals surface area contributed by atoms with Crippen molar-refractivity contribution in [3.8, 4) is 28.6 Å². The van der Waals surface area contributed by atoms with E-state index in [-0.39, 0.29) is 29.5 Å². The van der Waals surface area contributed by atoms with Gasteiger partial charge < -0.3 is 20.2 Å². The van der Waals surface area contributed by atoms with E-state index in [1.165, 1.54) is 4.57 Å². The first-order valence-corrected chi connectivity index (χ1v) is 9.30. The number of hydrogen-bond acceptors (Lipinski definition) is 6. The Hall–Kier alpha value is -3.66. The number of H-pyrrole nitrogens is 1. The third kappa shape index (κ3) is 2.76. The lowest BCUT2D eigenvalue weighted by molar-refractivity contribution is 0.0997. The van der Waals surface area contributed by atoms with Gasteiger partial charge in [0.15, 0.2) is 28.7 Å². The standard InChI is InChI=1S/C19H12BrN5O4/c20-11-4-2-1-3-10(11)17-22-14(16(21)26)15-18(24-17)25(19(27)23-15)9-5-6-12-13(7-9)29-8-28-12/h1-7H,8H2,(H2,21,26)(H,23,27). The highest BCUT2D eigenvalue weighted by Crippen LogP contribution is 2.34. The fourth-order valence-corrected chi connectivity index (χ4v) is 3.65. The van der Waals surface area contributed by atoms with Crippen molar-refractivity contribution in [2.45, 2.75) is 0 Å². The van der Waals surface area contributed by atoms with E-state index in [0.717, 1.165) is 4.47 Å². The van der Waals surface area contributed by atoms with Crippen molar-refractivity contribution in [2.24, 2.45) is 5.73 Å². The maximum absolute atomic E-state index is 12.7. The first kappa shape index (κ1) is 17.4. The Balaban J connectivity index is 1.82.